The Kier molecular flexibility index (Phi) is 4.56. The van der Waals surface area contributed by atoms with E-state index in [9.17, 15) is 14.4 Å². The normalized spacial score (nSPS) is 11.5. The number of halogens is 2. The van der Waals surface area contributed by atoms with Gasteiger partial charge in [0.2, 0.25) is 0 Å². The lowest BCUT2D eigenvalue weighted by molar-refractivity contribution is 0.0977. The second kappa shape index (κ2) is 6.38. The van der Waals surface area contributed by atoms with E-state index < -0.39 is 17.5 Å². The van der Waals surface area contributed by atoms with Crippen LogP contribution in [0.4, 0.5) is 4.39 Å². The first-order valence-electron chi connectivity index (χ1n) is 6.10. The molecule has 0 heterocycles. The molecule has 106 valence electrons. The van der Waals surface area contributed by atoms with Crippen LogP contribution in [0.25, 0.3) is 0 Å². The van der Waals surface area contributed by atoms with Crippen LogP contribution in [-0.4, -0.2) is 12.9 Å². The van der Waals surface area contributed by atoms with E-state index in [0.717, 1.165) is 0 Å². The summed E-state index contributed by atoms with van der Waals surface area (Å²) in [6.07, 6.45) is 0. The predicted octanol–water partition coefficient (Wildman–Crippen LogP) is 3.98. The number of nitriles is 1. The number of nitrogens with zero attached hydrogens (tertiary/aromatic N) is 1. The molecule has 0 saturated heterocycles. The number of hydrogen-bond acceptors (Lipinski definition) is 3. The van der Waals surface area contributed by atoms with E-state index in [2.05, 4.69) is 0 Å². The molecule has 0 saturated carbocycles. The van der Waals surface area contributed by atoms with Crippen LogP contribution in [0, 0.1) is 17.1 Å². The molecule has 0 aliphatic rings. The number of ketones is 1. The van der Waals surface area contributed by atoms with Gasteiger partial charge in [-0.25, -0.2) is 4.39 Å². The Labute approximate surface area is 126 Å². The smallest absolute Gasteiger partial charge is 0.184 e. The lowest BCUT2D eigenvalue weighted by atomic mass is 9.91. The number of benzene rings is 2. The van der Waals surface area contributed by atoms with Gasteiger partial charge in [0, 0.05) is 16.1 Å². The topological polar surface area (TPSA) is 50.1 Å². The molecule has 0 aliphatic carbocycles. The predicted molar refractivity (Wildman–Crippen MR) is 77.1 cm³/mol. The van der Waals surface area contributed by atoms with Crippen LogP contribution in [0.15, 0.2) is 42.5 Å². The zero-order chi connectivity index (χ0) is 15.4. The SMILES string of the molecule is COc1cccc(C(=O)C(C#N)c2c(F)cccc2Cl)c1. The van der Waals surface area contributed by atoms with Crippen LogP contribution < -0.4 is 4.74 Å². The third-order valence-electron chi connectivity index (χ3n) is 3.03. The first-order valence-corrected chi connectivity index (χ1v) is 6.48. The molecule has 1 atom stereocenters. The average molecular weight is 304 g/mol. The number of Topliss-reactive ketones (excluding diaryl/α,β-unsaturated/α-hetero) is 1. The number of ether oxygens (including phenoxy) is 1. The van der Waals surface area contributed by atoms with Crippen molar-refractivity contribution in [1.29, 1.82) is 5.26 Å². The first-order chi connectivity index (χ1) is 10.1. The third-order valence-corrected chi connectivity index (χ3v) is 3.36. The van der Waals surface area contributed by atoms with Crippen LogP contribution in [0.3, 0.4) is 0 Å². The fourth-order valence-electron chi connectivity index (χ4n) is 1.98. The lowest BCUT2D eigenvalue weighted by Gasteiger charge is -2.12. The molecule has 2 aromatic carbocycles. The van der Waals surface area contributed by atoms with Crippen molar-refractivity contribution in [3.63, 3.8) is 0 Å². The molecule has 0 aromatic heterocycles. The van der Waals surface area contributed by atoms with Crippen molar-refractivity contribution in [3.05, 3.63) is 64.4 Å². The molecule has 5 heteroatoms. The molecule has 0 amide bonds. The minimum Gasteiger partial charge on any atom is -0.497 e. The summed E-state index contributed by atoms with van der Waals surface area (Å²) in [5.74, 6) is -2.02. The Balaban J connectivity index is 2.46. The number of hydrogen-bond donors (Lipinski definition) is 0. The molecule has 0 N–H and O–H groups in total. The van der Waals surface area contributed by atoms with Crippen molar-refractivity contribution in [2.24, 2.45) is 0 Å². The largest absolute Gasteiger partial charge is 0.497 e. The molecule has 0 fully saturated rings. The second-order valence-electron chi connectivity index (χ2n) is 4.29. The average Bonchev–Trinajstić information content (AvgIpc) is 2.50. The molecule has 2 aromatic rings. The number of carbonyl (C=O) groups is 1. The van der Waals surface area contributed by atoms with E-state index in [1.54, 1.807) is 18.2 Å². The minimum atomic E-state index is -1.30. The van der Waals surface area contributed by atoms with Crippen molar-refractivity contribution >= 4 is 17.4 Å². The van der Waals surface area contributed by atoms with Crippen molar-refractivity contribution in [1.82, 2.24) is 0 Å². The molecule has 0 radical (unpaired) electrons. The van der Waals surface area contributed by atoms with Gasteiger partial charge in [-0.05, 0) is 24.3 Å². The van der Waals surface area contributed by atoms with Crippen LogP contribution in [-0.2, 0) is 0 Å². The Morgan fingerprint density at radius 2 is 2.05 bits per heavy atom. The fourth-order valence-corrected chi connectivity index (χ4v) is 2.26. The van der Waals surface area contributed by atoms with Gasteiger partial charge >= 0.3 is 0 Å². The van der Waals surface area contributed by atoms with Gasteiger partial charge in [-0.2, -0.15) is 5.26 Å². The van der Waals surface area contributed by atoms with Crippen molar-refractivity contribution < 1.29 is 13.9 Å². The first kappa shape index (κ1) is 15.0. The summed E-state index contributed by atoms with van der Waals surface area (Å²) in [5.41, 5.74) is 0.162. The van der Waals surface area contributed by atoms with Gasteiger partial charge in [0.1, 0.15) is 17.5 Å². The van der Waals surface area contributed by atoms with Gasteiger partial charge in [-0.15, -0.1) is 0 Å². The van der Waals surface area contributed by atoms with Crippen molar-refractivity contribution in [3.8, 4) is 11.8 Å². The fraction of sp³-hybridized carbons (Fsp3) is 0.125. The molecule has 1 unspecified atom stereocenters. The molecule has 2 rings (SSSR count). The summed E-state index contributed by atoms with van der Waals surface area (Å²) in [6, 6.07) is 12.2. The molecule has 0 aliphatic heterocycles. The quantitative estimate of drug-likeness (QED) is 0.803. The van der Waals surface area contributed by atoms with E-state index in [-0.39, 0.29) is 16.1 Å². The van der Waals surface area contributed by atoms with Gasteiger partial charge in [-0.3, -0.25) is 4.79 Å². The highest BCUT2D eigenvalue weighted by molar-refractivity contribution is 6.31. The Bertz CT molecular complexity index is 704. The zero-order valence-corrected chi connectivity index (χ0v) is 11.9. The van der Waals surface area contributed by atoms with E-state index >= 15 is 0 Å². The van der Waals surface area contributed by atoms with Crippen LogP contribution in [0.1, 0.15) is 21.8 Å². The third kappa shape index (κ3) is 3.04. The number of carbonyl (C=O) groups excluding carboxylic acids is 1. The highest BCUT2D eigenvalue weighted by atomic mass is 35.5. The summed E-state index contributed by atoms with van der Waals surface area (Å²) >= 11 is 5.93. The van der Waals surface area contributed by atoms with Gasteiger partial charge < -0.3 is 4.74 Å². The van der Waals surface area contributed by atoms with Gasteiger partial charge in [0.05, 0.1) is 13.2 Å². The van der Waals surface area contributed by atoms with E-state index in [4.69, 9.17) is 16.3 Å². The Hall–Kier alpha value is -2.38. The highest BCUT2D eigenvalue weighted by Gasteiger charge is 2.27. The van der Waals surface area contributed by atoms with Gasteiger partial charge in [-0.1, -0.05) is 29.8 Å². The summed E-state index contributed by atoms with van der Waals surface area (Å²) in [6.45, 7) is 0. The number of rotatable bonds is 4. The van der Waals surface area contributed by atoms with E-state index in [1.165, 1.54) is 31.4 Å². The molecule has 3 nitrogen and oxygen atoms in total. The Morgan fingerprint density at radius 3 is 2.67 bits per heavy atom. The summed E-state index contributed by atoms with van der Waals surface area (Å²) in [7, 11) is 1.47. The number of methoxy groups -OCH3 is 1. The van der Waals surface area contributed by atoms with Crippen LogP contribution in [0.2, 0.25) is 5.02 Å². The summed E-state index contributed by atoms with van der Waals surface area (Å²) in [5, 5.41) is 9.31. The van der Waals surface area contributed by atoms with Crippen molar-refractivity contribution in [2.75, 3.05) is 7.11 Å². The van der Waals surface area contributed by atoms with E-state index in [1.807, 2.05) is 6.07 Å². The standard InChI is InChI=1S/C16H11ClFNO2/c1-21-11-5-2-4-10(8-11)16(20)12(9-19)15-13(17)6-3-7-14(15)18/h2-8,12H,1H3. The van der Waals surface area contributed by atoms with E-state index in [0.29, 0.717) is 5.75 Å². The zero-order valence-electron chi connectivity index (χ0n) is 11.1. The molecule has 21 heavy (non-hydrogen) atoms. The van der Waals surface area contributed by atoms with Crippen molar-refractivity contribution in [2.45, 2.75) is 5.92 Å². The second-order valence-corrected chi connectivity index (χ2v) is 4.70. The maximum Gasteiger partial charge on any atom is 0.184 e. The summed E-state index contributed by atoms with van der Waals surface area (Å²) < 4.78 is 18.9. The van der Waals surface area contributed by atoms with Crippen LogP contribution in [0.5, 0.6) is 5.75 Å². The van der Waals surface area contributed by atoms with Gasteiger partial charge in [0.15, 0.2) is 5.78 Å². The Morgan fingerprint density at radius 1 is 1.33 bits per heavy atom. The highest BCUT2D eigenvalue weighted by Crippen LogP contribution is 2.30. The monoisotopic (exact) mass is 303 g/mol. The van der Waals surface area contributed by atoms with Gasteiger partial charge in [0.25, 0.3) is 0 Å². The maximum absolute atomic E-state index is 13.9. The molecule has 0 spiro atoms. The minimum absolute atomic E-state index is 0.0535. The molecular formula is C16H11ClFNO2. The lowest BCUT2D eigenvalue weighted by Crippen LogP contribution is -2.13. The molecule has 0 bridgehead atoms. The summed E-state index contributed by atoms with van der Waals surface area (Å²) in [4.78, 5) is 12.4. The maximum atomic E-state index is 13.9. The van der Waals surface area contributed by atoms with Crippen LogP contribution >= 0.6 is 11.6 Å². The molecular weight excluding hydrogens is 293 g/mol.